The number of rotatable bonds is 8. The highest BCUT2D eigenvalue weighted by molar-refractivity contribution is 5.92. The summed E-state index contributed by atoms with van der Waals surface area (Å²) in [5.41, 5.74) is 2.69. The molecule has 0 atom stereocenters. The van der Waals surface area contributed by atoms with E-state index in [1.807, 2.05) is 18.2 Å². The Morgan fingerprint density at radius 1 is 1.12 bits per heavy atom. The van der Waals surface area contributed by atoms with E-state index in [0.717, 1.165) is 37.4 Å². The predicted molar refractivity (Wildman–Crippen MR) is 120 cm³/mol. The first-order valence-electron chi connectivity index (χ1n) is 10.4. The summed E-state index contributed by atoms with van der Waals surface area (Å²) >= 11 is 0. The van der Waals surface area contributed by atoms with Crippen molar-refractivity contribution in [3.05, 3.63) is 47.3 Å². The van der Waals surface area contributed by atoms with Crippen molar-refractivity contribution in [2.75, 3.05) is 56.2 Å². The lowest BCUT2D eigenvalue weighted by atomic mass is 10.2. The first-order chi connectivity index (χ1) is 15.7. The zero-order chi connectivity index (χ0) is 22.3. The normalized spacial score (nSPS) is 13.8. The maximum absolute atomic E-state index is 12.1. The summed E-state index contributed by atoms with van der Waals surface area (Å²) in [7, 11) is 1.58. The van der Waals surface area contributed by atoms with Crippen molar-refractivity contribution in [1.82, 2.24) is 25.3 Å². The standard InChI is InChI=1S/C21H24N8O3/c1-32-20-18-16(4-2-7-22-18)26-21(27-20)29-12-10-28(11-13-29)15-5-6-17(24-14-15)19(30)23-8-3-9-25-31/h2,4-7,14H,3,8-13H2,1H3,(H,23,30). The molecule has 0 radical (unpaired) electrons. The molecular weight excluding hydrogens is 412 g/mol. The van der Waals surface area contributed by atoms with Crippen molar-refractivity contribution in [3.8, 4) is 5.88 Å². The van der Waals surface area contributed by atoms with Gasteiger partial charge in [0, 0.05) is 38.9 Å². The molecule has 0 saturated carbocycles. The quantitative estimate of drug-likeness (QED) is 0.414. The number of hydrogen-bond donors (Lipinski definition) is 1. The predicted octanol–water partition coefficient (Wildman–Crippen LogP) is 1.64. The fourth-order valence-corrected chi connectivity index (χ4v) is 3.52. The number of nitrogens with one attached hydrogen (secondary N) is 1. The molecule has 0 spiro atoms. The van der Waals surface area contributed by atoms with E-state index in [9.17, 15) is 9.70 Å². The van der Waals surface area contributed by atoms with Crippen LogP contribution in [0.15, 0.2) is 41.8 Å². The van der Waals surface area contributed by atoms with Crippen LogP contribution in [0, 0.1) is 4.91 Å². The first-order valence-corrected chi connectivity index (χ1v) is 10.4. The van der Waals surface area contributed by atoms with Crippen LogP contribution in [0.5, 0.6) is 5.88 Å². The highest BCUT2D eigenvalue weighted by atomic mass is 16.5. The monoisotopic (exact) mass is 436 g/mol. The van der Waals surface area contributed by atoms with E-state index in [2.05, 4.69) is 40.2 Å². The Balaban J connectivity index is 1.37. The number of ether oxygens (including phenoxy) is 1. The molecule has 0 aliphatic carbocycles. The van der Waals surface area contributed by atoms with Crippen LogP contribution >= 0.6 is 0 Å². The fourth-order valence-electron chi connectivity index (χ4n) is 3.52. The Morgan fingerprint density at radius 2 is 1.94 bits per heavy atom. The van der Waals surface area contributed by atoms with Gasteiger partial charge in [0.15, 0.2) is 5.52 Å². The van der Waals surface area contributed by atoms with Crippen LogP contribution in [0.1, 0.15) is 16.9 Å². The number of fused-ring (bicyclic) bond motifs is 1. The molecule has 4 heterocycles. The lowest BCUT2D eigenvalue weighted by Gasteiger charge is -2.36. The maximum Gasteiger partial charge on any atom is 0.269 e. The Hall–Kier alpha value is -3.89. The van der Waals surface area contributed by atoms with E-state index in [1.165, 1.54) is 0 Å². The Kier molecular flexibility index (Phi) is 6.63. The van der Waals surface area contributed by atoms with Crippen LogP contribution in [0.4, 0.5) is 11.6 Å². The Morgan fingerprint density at radius 3 is 2.66 bits per heavy atom. The maximum atomic E-state index is 12.1. The van der Waals surface area contributed by atoms with Crippen molar-refractivity contribution < 1.29 is 9.53 Å². The number of piperazine rings is 1. The second kappa shape index (κ2) is 9.94. The van der Waals surface area contributed by atoms with Gasteiger partial charge in [0.2, 0.25) is 11.8 Å². The van der Waals surface area contributed by atoms with Crippen molar-refractivity contribution in [1.29, 1.82) is 0 Å². The van der Waals surface area contributed by atoms with Gasteiger partial charge in [-0.2, -0.15) is 9.89 Å². The molecular formula is C21H24N8O3. The van der Waals surface area contributed by atoms with Gasteiger partial charge < -0.3 is 19.9 Å². The minimum Gasteiger partial charge on any atom is -0.479 e. The topological polar surface area (TPSA) is 126 Å². The van der Waals surface area contributed by atoms with Crippen molar-refractivity contribution >= 4 is 28.6 Å². The number of anilines is 2. The smallest absolute Gasteiger partial charge is 0.269 e. The lowest BCUT2D eigenvalue weighted by Crippen LogP contribution is -2.47. The molecule has 11 nitrogen and oxygen atoms in total. The van der Waals surface area contributed by atoms with E-state index in [4.69, 9.17) is 4.74 Å². The summed E-state index contributed by atoms with van der Waals surface area (Å²) in [6, 6.07) is 7.34. The minimum absolute atomic E-state index is 0.187. The fraction of sp³-hybridized carbons (Fsp3) is 0.381. The first kappa shape index (κ1) is 21.3. The van der Waals surface area contributed by atoms with Gasteiger partial charge in [0.1, 0.15) is 5.69 Å². The summed E-state index contributed by atoms with van der Waals surface area (Å²) in [4.78, 5) is 44.3. The number of carbonyl (C=O) groups excluding carboxylic acids is 1. The number of aromatic nitrogens is 4. The second-order valence-electron chi connectivity index (χ2n) is 7.24. The average molecular weight is 436 g/mol. The summed E-state index contributed by atoms with van der Waals surface area (Å²) < 4.78 is 5.41. The molecule has 3 aromatic rings. The van der Waals surface area contributed by atoms with Gasteiger partial charge in [-0.15, -0.1) is 0 Å². The van der Waals surface area contributed by atoms with Crippen LogP contribution in [-0.4, -0.2) is 72.2 Å². The largest absolute Gasteiger partial charge is 0.479 e. The van der Waals surface area contributed by atoms with E-state index in [1.54, 1.807) is 25.6 Å². The molecule has 4 rings (SSSR count). The molecule has 3 aromatic heterocycles. The van der Waals surface area contributed by atoms with Crippen molar-refractivity contribution in [3.63, 3.8) is 0 Å². The molecule has 1 aliphatic heterocycles. The third kappa shape index (κ3) is 4.71. The molecule has 166 valence electrons. The van der Waals surface area contributed by atoms with Gasteiger partial charge in [0.25, 0.3) is 5.91 Å². The summed E-state index contributed by atoms with van der Waals surface area (Å²) in [5.74, 6) is 0.828. The molecule has 11 heteroatoms. The zero-order valence-electron chi connectivity index (χ0n) is 17.8. The highest BCUT2D eigenvalue weighted by Gasteiger charge is 2.21. The van der Waals surface area contributed by atoms with Gasteiger partial charge in [-0.25, -0.2) is 15.0 Å². The van der Waals surface area contributed by atoms with Gasteiger partial charge in [-0.1, -0.05) is 5.18 Å². The van der Waals surface area contributed by atoms with Crippen LogP contribution < -0.4 is 19.9 Å². The lowest BCUT2D eigenvalue weighted by molar-refractivity contribution is 0.0948. The second-order valence-corrected chi connectivity index (χ2v) is 7.24. The van der Waals surface area contributed by atoms with Gasteiger partial charge in [-0.3, -0.25) is 4.79 Å². The molecule has 1 saturated heterocycles. The van der Waals surface area contributed by atoms with Crippen molar-refractivity contribution in [2.45, 2.75) is 6.42 Å². The van der Waals surface area contributed by atoms with Crippen LogP contribution in [0.25, 0.3) is 11.0 Å². The van der Waals surface area contributed by atoms with Crippen LogP contribution in [-0.2, 0) is 0 Å². The number of nitrogens with zero attached hydrogens (tertiary/aromatic N) is 7. The number of carbonyl (C=O) groups is 1. The highest BCUT2D eigenvalue weighted by Crippen LogP contribution is 2.24. The van der Waals surface area contributed by atoms with Crippen LogP contribution in [0.3, 0.4) is 0 Å². The summed E-state index contributed by atoms with van der Waals surface area (Å²) in [6.07, 6.45) is 3.92. The minimum atomic E-state index is -0.260. The number of amides is 1. The summed E-state index contributed by atoms with van der Waals surface area (Å²) in [6.45, 7) is 3.59. The SMILES string of the molecule is COc1nc(N2CCN(c3ccc(C(=O)NCCCN=O)nc3)CC2)nc2cccnc12. The molecule has 1 N–H and O–H groups in total. The Bertz CT molecular complexity index is 1080. The molecule has 32 heavy (non-hydrogen) atoms. The van der Waals surface area contributed by atoms with Crippen LogP contribution in [0.2, 0.25) is 0 Å². The number of hydrogen-bond acceptors (Lipinski definition) is 10. The summed E-state index contributed by atoms with van der Waals surface area (Å²) in [5, 5.41) is 5.50. The van der Waals surface area contributed by atoms with E-state index in [0.29, 0.717) is 36.0 Å². The molecule has 0 aromatic carbocycles. The van der Waals surface area contributed by atoms with E-state index >= 15 is 0 Å². The molecule has 1 fully saturated rings. The number of methoxy groups -OCH3 is 1. The molecule has 1 aliphatic rings. The van der Waals surface area contributed by atoms with Gasteiger partial charge in [0.05, 0.1) is 31.1 Å². The third-order valence-electron chi connectivity index (χ3n) is 5.22. The average Bonchev–Trinajstić information content (AvgIpc) is 2.86. The Labute approximate surface area is 184 Å². The molecule has 1 amide bonds. The number of pyridine rings is 2. The van der Waals surface area contributed by atoms with Crippen molar-refractivity contribution in [2.24, 2.45) is 5.18 Å². The number of nitroso groups, excluding NO2 is 1. The molecule has 0 unspecified atom stereocenters. The van der Waals surface area contributed by atoms with Gasteiger partial charge >= 0.3 is 0 Å². The third-order valence-corrected chi connectivity index (χ3v) is 5.22. The van der Waals surface area contributed by atoms with Gasteiger partial charge in [-0.05, 0) is 30.7 Å². The molecule has 0 bridgehead atoms. The zero-order valence-corrected chi connectivity index (χ0v) is 17.8. The van der Waals surface area contributed by atoms with E-state index < -0.39 is 0 Å². The van der Waals surface area contributed by atoms with E-state index in [-0.39, 0.29) is 12.5 Å².